The molecule has 0 saturated carbocycles. The fourth-order valence-electron chi connectivity index (χ4n) is 1.95. The van der Waals surface area contributed by atoms with Gasteiger partial charge in [0.05, 0.1) is 22.2 Å². The van der Waals surface area contributed by atoms with E-state index in [4.69, 9.17) is 23.2 Å². The van der Waals surface area contributed by atoms with Crippen LogP contribution in [0.25, 0.3) is 10.6 Å². The molecule has 0 radical (unpaired) electrons. The number of nitrogens with zero attached hydrogens (tertiary/aromatic N) is 2. The van der Waals surface area contributed by atoms with Crippen molar-refractivity contribution in [1.29, 1.82) is 0 Å². The number of hydrogen-bond acceptors (Lipinski definition) is 4. The van der Waals surface area contributed by atoms with E-state index in [1.165, 1.54) is 17.5 Å². The second-order valence-electron chi connectivity index (χ2n) is 4.71. The van der Waals surface area contributed by atoms with Crippen LogP contribution in [0.15, 0.2) is 48.0 Å². The first-order valence-corrected chi connectivity index (χ1v) is 8.36. The Balaban J connectivity index is 1.68. The summed E-state index contributed by atoms with van der Waals surface area (Å²) in [6, 6.07) is 10.8. The summed E-state index contributed by atoms with van der Waals surface area (Å²) in [5, 5.41) is 6.52. The van der Waals surface area contributed by atoms with E-state index >= 15 is 0 Å². The van der Waals surface area contributed by atoms with Gasteiger partial charge < -0.3 is 5.32 Å². The van der Waals surface area contributed by atoms with E-state index in [9.17, 15) is 4.79 Å². The molecule has 1 N–H and O–H groups in total. The highest BCUT2D eigenvalue weighted by Crippen LogP contribution is 2.30. The SMILES string of the molecule is O=C(Cc1csc(-c2ccccc2Cl)n1)Nc1ccc(Cl)cn1. The van der Waals surface area contributed by atoms with Crippen molar-refractivity contribution in [3.05, 3.63) is 63.7 Å². The fourth-order valence-corrected chi connectivity index (χ4v) is 3.20. The number of carbonyl (C=O) groups excluding carboxylic acids is 1. The molecule has 0 saturated heterocycles. The molecule has 2 aromatic heterocycles. The van der Waals surface area contributed by atoms with Crippen LogP contribution in [0.2, 0.25) is 10.0 Å². The third-order valence-electron chi connectivity index (χ3n) is 2.99. The maximum atomic E-state index is 12.0. The maximum Gasteiger partial charge on any atom is 0.231 e. The summed E-state index contributed by atoms with van der Waals surface area (Å²) in [6.45, 7) is 0. The summed E-state index contributed by atoms with van der Waals surface area (Å²) >= 11 is 13.4. The van der Waals surface area contributed by atoms with Crippen LogP contribution in [0.1, 0.15) is 5.69 Å². The Morgan fingerprint density at radius 2 is 2.00 bits per heavy atom. The molecule has 0 unspecified atom stereocenters. The average molecular weight is 364 g/mol. The minimum Gasteiger partial charge on any atom is -0.310 e. The standard InChI is InChI=1S/C16H11Cl2N3OS/c17-10-5-6-14(19-8-10)21-15(22)7-11-9-23-16(20-11)12-3-1-2-4-13(12)18/h1-6,8-9H,7H2,(H,19,21,22). The average Bonchev–Trinajstić information content (AvgIpc) is 2.98. The lowest BCUT2D eigenvalue weighted by atomic mass is 10.2. The quantitative estimate of drug-likeness (QED) is 0.731. The van der Waals surface area contributed by atoms with E-state index in [1.807, 2.05) is 29.6 Å². The summed E-state index contributed by atoms with van der Waals surface area (Å²) < 4.78 is 0. The van der Waals surface area contributed by atoms with Gasteiger partial charge in [0.2, 0.25) is 5.91 Å². The van der Waals surface area contributed by atoms with Crippen LogP contribution in [0.3, 0.4) is 0 Å². The molecule has 1 aromatic carbocycles. The number of nitrogens with one attached hydrogen (secondary N) is 1. The van der Waals surface area contributed by atoms with Gasteiger partial charge in [-0.1, -0.05) is 41.4 Å². The number of halogens is 2. The lowest BCUT2D eigenvalue weighted by Crippen LogP contribution is -2.15. The van der Waals surface area contributed by atoms with Gasteiger partial charge in [0.1, 0.15) is 10.8 Å². The second kappa shape index (κ2) is 7.08. The number of amides is 1. The number of carbonyl (C=O) groups is 1. The van der Waals surface area contributed by atoms with E-state index in [0.717, 1.165) is 10.6 Å². The molecular formula is C16H11Cl2N3OS. The normalized spacial score (nSPS) is 10.5. The third kappa shape index (κ3) is 4.07. The lowest BCUT2D eigenvalue weighted by molar-refractivity contribution is -0.115. The minimum atomic E-state index is -0.184. The number of hydrogen-bond donors (Lipinski definition) is 1. The highest BCUT2D eigenvalue weighted by molar-refractivity contribution is 7.13. The van der Waals surface area contributed by atoms with Crippen LogP contribution in [0, 0.1) is 0 Å². The summed E-state index contributed by atoms with van der Waals surface area (Å²) in [6.07, 6.45) is 1.65. The van der Waals surface area contributed by atoms with Crippen molar-refractivity contribution in [2.45, 2.75) is 6.42 Å². The van der Waals surface area contributed by atoms with Gasteiger partial charge in [-0.25, -0.2) is 9.97 Å². The van der Waals surface area contributed by atoms with Crippen molar-refractivity contribution < 1.29 is 4.79 Å². The largest absolute Gasteiger partial charge is 0.310 e. The maximum absolute atomic E-state index is 12.0. The van der Waals surface area contributed by atoms with Crippen LogP contribution in [0.5, 0.6) is 0 Å². The van der Waals surface area contributed by atoms with E-state index in [2.05, 4.69) is 15.3 Å². The second-order valence-corrected chi connectivity index (χ2v) is 6.41. The van der Waals surface area contributed by atoms with E-state index in [0.29, 0.717) is 21.6 Å². The summed E-state index contributed by atoms with van der Waals surface area (Å²) in [4.78, 5) is 20.5. The molecule has 4 nitrogen and oxygen atoms in total. The Kier molecular flexibility index (Phi) is 4.91. The topological polar surface area (TPSA) is 54.9 Å². The van der Waals surface area contributed by atoms with Gasteiger partial charge in [-0.2, -0.15) is 0 Å². The van der Waals surface area contributed by atoms with Crippen LogP contribution in [-0.4, -0.2) is 15.9 Å². The van der Waals surface area contributed by atoms with Gasteiger partial charge >= 0.3 is 0 Å². The lowest BCUT2D eigenvalue weighted by Gasteiger charge is -2.03. The van der Waals surface area contributed by atoms with Crippen molar-refractivity contribution in [3.8, 4) is 10.6 Å². The van der Waals surface area contributed by atoms with E-state index in [-0.39, 0.29) is 12.3 Å². The molecule has 0 spiro atoms. The number of aromatic nitrogens is 2. The molecule has 1 amide bonds. The number of anilines is 1. The number of pyridine rings is 1. The number of benzene rings is 1. The van der Waals surface area contributed by atoms with Crippen molar-refractivity contribution in [1.82, 2.24) is 9.97 Å². The Bertz CT molecular complexity index is 833. The van der Waals surface area contributed by atoms with E-state index < -0.39 is 0 Å². The molecule has 23 heavy (non-hydrogen) atoms. The summed E-state index contributed by atoms with van der Waals surface area (Å²) in [5.41, 5.74) is 1.56. The molecule has 2 heterocycles. The van der Waals surface area contributed by atoms with Gasteiger partial charge in [-0.3, -0.25) is 4.79 Å². The predicted molar refractivity (Wildman–Crippen MR) is 94.1 cm³/mol. The molecule has 0 atom stereocenters. The van der Waals surface area contributed by atoms with Crippen LogP contribution in [0.4, 0.5) is 5.82 Å². The van der Waals surface area contributed by atoms with Crippen molar-refractivity contribution >= 4 is 46.3 Å². The van der Waals surface area contributed by atoms with Crippen LogP contribution >= 0.6 is 34.5 Å². The Morgan fingerprint density at radius 3 is 2.74 bits per heavy atom. The van der Waals surface area contributed by atoms with Gasteiger partial charge in [-0.05, 0) is 18.2 Å². The molecule has 0 aliphatic rings. The zero-order valence-electron chi connectivity index (χ0n) is 11.8. The van der Waals surface area contributed by atoms with Crippen LogP contribution < -0.4 is 5.32 Å². The smallest absolute Gasteiger partial charge is 0.231 e. The third-order valence-corrected chi connectivity index (χ3v) is 4.47. The molecule has 0 fully saturated rings. The first-order valence-electron chi connectivity index (χ1n) is 6.72. The molecule has 0 bridgehead atoms. The monoisotopic (exact) mass is 363 g/mol. The predicted octanol–water partition coefficient (Wildman–Crippen LogP) is 4.69. The molecule has 7 heteroatoms. The number of rotatable bonds is 4. The zero-order chi connectivity index (χ0) is 16.2. The van der Waals surface area contributed by atoms with Gasteiger partial charge in [0.25, 0.3) is 0 Å². The Morgan fingerprint density at radius 1 is 1.17 bits per heavy atom. The Hall–Kier alpha value is -1.95. The van der Waals surface area contributed by atoms with Crippen LogP contribution in [-0.2, 0) is 11.2 Å². The highest BCUT2D eigenvalue weighted by Gasteiger charge is 2.11. The van der Waals surface area contributed by atoms with Crippen molar-refractivity contribution in [2.75, 3.05) is 5.32 Å². The molecule has 0 aliphatic heterocycles. The first-order chi connectivity index (χ1) is 11.1. The fraction of sp³-hybridized carbons (Fsp3) is 0.0625. The van der Waals surface area contributed by atoms with Crippen molar-refractivity contribution in [2.24, 2.45) is 0 Å². The summed E-state index contributed by atoms with van der Waals surface area (Å²) in [5.74, 6) is 0.275. The molecule has 3 rings (SSSR count). The summed E-state index contributed by atoms with van der Waals surface area (Å²) in [7, 11) is 0. The van der Waals surface area contributed by atoms with E-state index in [1.54, 1.807) is 12.1 Å². The highest BCUT2D eigenvalue weighted by atomic mass is 35.5. The molecule has 0 aliphatic carbocycles. The number of thiazole rings is 1. The van der Waals surface area contributed by atoms with Gasteiger partial charge in [0.15, 0.2) is 0 Å². The Labute approximate surface area is 147 Å². The minimum absolute atomic E-state index is 0.172. The van der Waals surface area contributed by atoms with Crippen molar-refractivity contribution in [3.63, 3.8) is 0 Å². The van der Waals surface area contributed by atoms with Gasteiger partial charge in [0, 0.05) is 17.1 Å². The molecular weight excluding hydrogens is 353 g/mol. The van der Waals surface area contributed by atoms with Gasteiger partial charge in [-0.15, -0.1) is 11.3 Å². The molecule has 3 aromatic rings. The molecule has 116 valence electrons. The zero-order valence-corrected chi connectivity index (χ0v) is 14.1. The first kappa shape index (κ1) is 15.9.